The maximum atomic E-state index is 13.5. The van der Waals surface area contributed by atoms with Gasteiger partial charge in [0, 0.05) is 26.2 Å². The predicted molar refractivity (Wildman–Crippen MR) is 113 cm³/mol. The van der Waals surface area contributed by atoms with E-state index in [2.05, 4.69) is 5.32 Å². The molecule has 7 heteroatoms. The Hall–Kier alpha value is -2.36. The van der Waals surface area contributed by atoms with Crippen LogP contribution in [0.5, 0.6) is 0 Å². The molecule has 6 aliphatic rings. The maximum Gasteiger partial charge on any atom is 0.262 e. The molecule has 5 saturated carbocycles. The molecule has 1 saturated heterocycles. The van der Waals surface area contributed by atoms with Gasteiger partial charge in [0.1, 0.15) is 11.6 Å². The predicted octanol–water partition coefficient (Wildman–Crippen LogP) is 1.85. The highest BCUT2D eigenvalue weighted by Gasteiger charge is 2.55. The minimum atomic E-state index is -0.474. The number of rotatable bonds is 5. The first-order valence-corrected chi connectivity index (χ1v) is 11.9. The smallest absolute Gasteiger partial charge is 0.262 e. The minimum absolute atomic E-state index is 0.0984. The van der Waals surface area contributed by atoms with Gasteiger partial charge in [-0.2, -0.15) is 5.26 Å². The first-order valence-electron chi connectivity index (χ1n) is 11.9. The summed E-state index contributed by atoms with van der Waals surface area (Å²) in [4.78, 5) is 41.9. The Morgan fingerprint density at radius 2 is 1.48 bits per heavy atom. The van der Waals surface area contributed by atoms with Crippen molar-refractivity contribution in [1.29, 1.82) is 5.26 Å². The van der Waals surface area contributed by atoms with Gasteiger partial charge in [-0.05, 0) is 75.0 Å². The van der Waals surface area contributed by atoms with Gasteiger partial charge in [0.05, 0.1) is 12.0 Å². The van der Waals surface area contributed by atoms with Crippen LogP contribution < -0.4 is 5.32 Å². The fourth-order valence-corrected chi connectivity index (χ4v) is 6.89. The summed E-state index contributed by atoms with van der Waals surface area (Å²) in [7, 11) is 0. The number of allylic oxidation sites excluding steroid dienone is 1. The standard InChI is InChI=1S/C24H32N4O3/c25-14-20(10-16-1-2-16)22(30)26-15-21(29)27-3-5-28(6-4-27)23(31)24-11-17-7-18(12-24)9-19(8-17)13-24/h10,16-19H,1-9,11-13,15H2,(H,26,30)/b20-10+. The quantitative estimate of drug-likeness (QED) is 0.538. The molecule has 0 aromatic rings. The van der Waals surface area contributed by atoms with Crippen LogP contribution in [-0.4, -0.2) is 60.2 Å². The van der Waals surface area contributed by atoms with E-state index in [0.29, 0.717) is 38.0 Å². The van der Waals surface area contributed by atoms with Gasteiger partial charge >= 0.3 is 0 Å². The molecule has 1 heterocycles. The minimum Gasteiger partial charge on any atom is -0.342 e. The third-order valence-electron chi connectivity index (χ3n) is 8.20. The summed E-state index contributed by atoms with van der Waals surface area (Å²) < 4.78 is 0. The molecule has 0 aromatic heterocycles. The molecule has 0 unspecified atom stereocenters. The van der Waals surface area contributed by atoms with Gasteiger partial charge in [-0.25, -0.2) is 0 Å². The van der Waals surface area contributed by atoms with Gasteiger partial charge in [-0.3, -0.25) is 14.4 Å². The third-order valence-corrected chi connectivity index (χ3v) is 8.20. The number of carbonyl (C=O) groups excluding carboxylic acids is 3. The zero-order valence-corrected chi connectivity index (χ0v) is 18.1. The van der Waals surface area contributed by atoms with Gasteiger partial charge in [-0.1, -0.05) is 6.08 Å². The molecular weight excluding hydrogens is 392 g/mol. The van der Waals surface area contributed by atoms with Crippen LogP contribution in [0, 0.1) is 40.4 Å². The van der Waals surface area contributed by atoms with Crippen molar-refractivity contribution < 1.29 is 14.4 Å². The van der Waals surface area contributed by atoms with Crippen LogP contribution in [0.25, 0.3) is 0 Å². The monoisotopic (exact) mass is 424 g/mol. The average Bonchev–Trinajstić information content (AvgIpc) is 3.58. The van der Waals surface area contributed by atoms with Crippen LogP contribution in [-0.2, 0) is 14.4 Å². The summed E-state index contributed by atoms with van der Waals surface area (Å²) in [5.41, 5.74) is -0.0301. The molecule has 166 valence electrons. The molecule has 7 nitrogen and oxygen atoms in total. The number of amides is 3. The second kappa shape index (κ2) is 7.96. The highest BCUT2D eigenvalue weighted by molar-refractivity contribution is 5.99. The Balaban J connectivity index is 1.11. The first-order chi connectivity index (χ1) is 15.0. The van der Waals surface area contributed by atoms with E-state index in [1.165, 1.54) is 19.3 Å². The number of carbonyl (C=O) groups is 3. The van der Waals surface area contributed by atoms with E-state index in [4.69, 9.17) is 5.26 Å². The summed E-state index contributed by atoms with van der Waals surface area (Å²) in [6, 6.07) is 1.93. The normalized spacial score (nSPS) is 34.4. The van der Waals surface area contributed by atoms with Gasteiger partial charge in [0.2, 0.25) is 11.8 Å². The van der Waals surface area contributed by atoms with Crippen LogP contribution in [0.3, 0.4) is 0 Å². The van der Waals surface area contributed by atoms with E-state index in [9.17, 15) is 14.4 Å². The van der Waals surface area contributed by atoms with Gasteiger partial charge in [0.15, 0.2) is 0 Å². The topological polar surface area (TPSA) is 93.5 Å². The zero-order valence-electron chi connectivity index (χ0n) is 18.1. The molecule has 6 fully saturated rings. The summed E-state index contributed by atoms with van der Waals surface area (Å²) >= 11 is 0. The number of nitrogens with zero attached hydrogens (tertiary/aromatic N) is 3. The largest absolute Gasteiger partial charge is 0.342 e. The highest BCUT2D eigenvalue weighted by atomic mass is 16.2. The van der Waals surface area contributed by atoms with Crippen molar-refractivity contribution in [2.75, 3.05) is 32.7 Å². The number of nitrogens with one attached hydrogen (secondary N) is 1. The lowest BCUT2D eigenvalue weighted by atomic mass is 9.49. The number of hydrogen-bond donors (Lipinski definition) is 1. The molecule has 3 amide bonds. The molecule has 0 atom stereocenters. The number of hydrogen-bond acceptors (Lipinski definition) is 4. The summed E-state index contributed by atoms with van der Waals surface area (Å²) in [5.74, 6) is 2.26. The molecule has 1 aliphatic heterocycles. The molecule has 0 aromatic carbocycles. The van der Waals surface area contributed by atoms with Crippen LogP contribution in [0.1, 0.15) is 51.4 Å². The molecule has 5 aliphatic carbocycles. The Morgan fingerprint density at radius 3 is 2.00 bits per heavy atom. The van der Waals surface area contributed by atoms with Gasteiger partial charge in [-0.15, -0.1) is 0 Å². The summed E-state index contributed by atoms with van der Waals surface area (Å²) in [6.07, 6.45) is 10.9. The van der Waals surface area contributed by atoms with E-state index in [1.807, 2.05) is 11.0 Å². The maximum absolute atomic E-state index is 13.5. The molecule has 6 rings (SSSR count). The molecule has 0 radical (unpaired) electrons. The second-order valence-corrected chi connectivity index (χ2v) is 10.6. The van der Waals surface area contributed by atoms with Crippen LogP contribution in [0.4, 0.5) is 0 Å². The fourth-order valence-electron chi connectivity index (χ4n) is 6.89. The van der Waals surface area contributed by atoms with Crippen molar-refractivity contribution in [3.63, 3.8) is 0 Å². The Bertz CT molecular complexity index is 810. The number of nitriles is 1. The van der Waals surface area contributed by atoms with Crippen molar-refractivity contribution in [3.8, 4) is 6.07 Å². The lowest BCUT2D eigenvalue weighted by Gasteiger charge is -2.57. The van der Waals surface area contributed by atoms with Crippen molar-refractivity contribution in [2.24, 2.45) is 29.1 Å². The fraction of sp³-hybridized carbons (Fsp3) is 0.750. The van der Waals surface area contributed by atoms with Crippen LogP contribution in [0.15, 0.2) is 11.6 Å². The Morgan fingerprint density at radius 1 is 0.935 bits per heavy atom. The molecule has 4 bridgehead atoms. The average molecular weight is 425 g/mol. The summed E-state index contributed by atoms with van der Waals surface area (Å²) in [6.45, 7) is 2.06. The lowest BCUT2D eigenvalue weighted by Crippen LogP contribution is -2.59. The van der Waals surface area contributed by atoms with Crippen molar-refractivity contribution in [1.82, 2.24) is 15.1 Å². The first kappa shape index (κ1) is 20.5. The van der Waals surface area contributed by atoms with E-state index in [0.717, 1.165) is 49.9 Å². The highest BCUT2D eigenvalue weighted by Crippen LogP contribution is 2.60. The van der Waals surface area contributed by atoms with Gasteiger partial charge in [0.25, 0.3) is 5.91 Å². The summed E-state index contributed by atoms with van der Waals surface area (Å²) in [5, 5.41) is 11.7. The Kier molecular flexibility index (Phi) is 5.27. The second-order valence-electron chi connectivity index (χ2n) is 10.6. The molecular formula is C24H32N4O3. The van der Waals surface area contributed by atoms with E-state index >= 15 is 0 Å². The van der Waals surface area contributed by atoms with Crippen molar-refractivity contribution >= 4 is 17.7 Å². The van der Waals surface area contributed by atoms with Crippen LogP contribution in [0.2, 0.25) is 0 Å². The SMILES string of the molecule is N#C/C(=C\C1CC1)C(=O)NCC(=O)N1CCN(C(=O)C23CC4CC(CC(C4)C2)C3)CC1. The van der Waals surface area contributed by atoms with E-state index < -0.39 is 5.91 Å². The molecule has 0 spiro atoms. The lowest BCUT2D eigenvalue weighted by molar-refractivity contribution is -0.160. The van der Waals surface area contributed by atoms with E-state index in [-0.39, 0.29) is 23.4 Å². The van der Waals surface area contributed by atoms with Crippen molar-refractivity contribution in [2.45, 2.75) is 51.4 Å². The molecule has 1 N–H and O–H groups in total. The number of piperazine rings is 1. The van der Waals surface area contributed by atoms with Gasteiger partial charge < -0.3 is 15.1 Å². The van der Waals surface area contributed by atoms with E-state index in [1.54, 1.807) is 11.0 Å². The zero-order chi connectivity index (χ0) is 21.6. The van der Waals surface area contributed by atoms with Crippen LogP contribution >= 0.6 is 0 Å². The van der Waals surface area contributed by atoms with Crippen molar-refractivity contribution in [3.05, 3.63) is 11.6 Å². The Labute approximate surface area is 183 Å². The molecule has 31 heavy (non-hydrogen) atoms. The third kappa shape index (κ3) is 4.09.